The maximum atomic E-state index is 14.9. The van der Waals surface area contributed by atoms with Gasteiger partial charge >= 0.3 is 4.87 Å². The first kappa shape index (κ1) is 29.7. The molecule has 6 rings (SSSR count). The molecule has 16 heteroatoms. The van der Waals surface area contributed by atoms with Crippen LogP contribution in [-0.2, 0) is 6.54 Å². The number of hydrogen-bond donors (Lipinski definition) is 1. The maximum Gasteiger partial charge on any atom is 0.309 e. The molecule has 0 spiro atoms. The molecule has 0 unspecified atom stereocenters. The second-order valence-electron chi connectivity index (χ2n) is 10.9. The van der Waals surface area contributed by atoms with Crippen molar-refractivity contribution >= 4 is 44.9 Å². The van der Waals surface area contributed by atoms with Crippen LogP contribution in [0.15, 0.2) is 39.7 Å². The van der Waals surface area contributed by atoms with Crippen molar-refractivity contribution in [2.45, 2.75) is 6.54 Å². The van der Waals surface area contributed by atoms with Crippen molar-refractivity contribution in [2.24, 2.45) is 0 Å². The number of likely N-dealkylation sites (N-methyl/N-ethyl adjacent to an activating group) is 2. The minimum absolute atomic E-state index is 0.0982. The minimum Gasteiger partial charge on any atom is -0.461 e. The standard InChI is InChI=1S/C28H32F2N10O3S/c1-35(2)6-7-36(3)26(41)17-15-20(19(30)16-18(17)29)38-11-8-37(9-12-38)10-13-39-24-22(44-28(39)42)25-32-23(21-5-4-14-43-21)34-40(25)27(31)33-24/h4-5,14-16H,6-13H2,1-3H3,(H2,31,33). The van der Waals surface area contributed by atoms with Crippen LogP contribution in [-0.4, -0.2) is 112 Å². The van der Waals surface area contributed by atoms with Crippen LogP contribution < -0.4 is 15.5 Å². The molecule has 5 heterocycles. The molecule has 0 saturated carbocycles. The zero-order chi connectivity index (χ0) is 31.1. The Balaban J connectivity index is 1.14. The molecule has 0 atom stereocenters. The highest BCUT2D eigenvalue weighted by atomic mass is 32.1. The maximum absolute atomic E-state index is 14.9. The highest BCUT2D eigenvalue weighted by Gasteiger charge is 2.25. The van der Waals surface area contributed by atoms with E-state index in [1.54, 1.807) is 23.7 Å². The summed E-state index contributed by atoms with van der Waals surface area (Å²) in [5.41, 5.74) is 7.09. The summed E-state index contributed by atoms with van der Waals surface area (Å²) < 4.78 is 38.5. The molecule has 1 amide bonds. The van der Waals surface area contributed by atoms with Gasteiger partial charge in [-0.15, -0.1) is 5.10 Å². The number of nitrogen functional groups attached to an aromatic ring is 1. The summed E-state index contributed by atoms with van der Waals surface area (Å²) in [7, 11) is 5.37. The van der Waals surface area contributed by atoms with Crippen molar-refractivity contribution in [1.29, 1.82) is 0 Å². The first-order valence-electron chi connectivity index (χ1n) is 14.1. The number of piperazine rings is 1. The average molecular weight is 627 g/mol. The minimum atomic E-state index is -0.880. The fourth-order valence-electron chi connectivity index (χ4n) is 5.19. The van der Waals surface area contributed by atoms with Gasteiger partial charge in [0, 0.05) is 65.5 Å². The van der Waals surface area contributed by atoms with Gasteiger partial charge in [-0.25, -0.2) is 13.8 Å². The molecule has 0 aliphatic carbocycles. The highest BCUT2D eigenvalue weighted by molar-refractivity contribution is 7.17. The molecule has 232 valence electrons. The Morgan fingerprint density at radius 3 is 2.52 bits per heavy atom. The molecule has 1 fully saturated rings. The number of benzene rings is 1. The summed E-state index contributed by atoms with van der Waals surface area (Å²) >= 11 is 1.03. The molecule has 1 saturated heterocycles. The number of carbonyl (C=O) groups excluding carboxylic acids is 1. The Morgan fingerprint density at radius 2 is 1.82 bits per heavy atom. The van der Waals surface area contributed by atoms with E-state index in [0.717, 1.165) is 17.4 Å². The summed E-state index contributed by atoms with van der Waals surface area (Å²) in [5, 5.41) is 4.38. The number of rotatable bonds is 9. The molecule has 1 aliphatic heterocycles. The molecule has 13 nitrogen and oxygen atoms in total. The largest absolute Gasteiger partial charge is 0.461 e. The van der Waals surface area contributed by atoms with E-state index in [1.807, 2.05) is 23.9 Å². The lowest BCUT2D eigenvalue weighted by atomic mass is 10.1. The van der Waals surface area contributed by atoms with Gasteiger partial charge in [-0.05, 0) is 32.3 Å². The summed E-state index contributed by atoms with van der Waals surface area (Å²) in [5.74, 6) is -1.17. The van der Waals surface area contributed by atoms with Gasteiger partial charge in [-0.1, -0.05) is 11.3 Å². The molecular formula is C28H32F2N10O3S. The van der Waals surface area contributed by atoms with Crippen molar-refractivity contribution in [3.8, 4) is 11.6 Å². The van der Waals surface area contributed by atoms with E-state index in [0.29, 0.717) is 79.9 Å². The van der Waals surface area contributed by atoms with Crippen LogP contribution in [0.5, 0.6) is 0 Å². The van der Waals surface area contributed by atoms with Gasteiger partial charge in [-0.2, -0.15) is 9.50 Å². The lowest BCUT2D eigenvalue weighted by Gasteiger charge is -2.36. The molecule has 2 N–H and O–H groups in total. The van der Waals surface area contributed by atoms with E-state index in [2.05, 4.69) is 20.0 Å². The number of nitrogens with two attached hydrogens (primary N) is 1. The van der Waals surface area contributed by atoms with Crippen molar-refractivity contribution in [3.05, 3.63) is 57.4 Å². The van der Waals surface area contributed by atoms with Crippen LogP contribution >= 0.6 is 11.3 Å². The van der Waals surface area contributed by atoms with Gasteiger partial charge in [0.2, 0.25) is 11.8 Å². The average Bonchev–Trinajstić information content (AvgIpc) is 3.74. The van der Waals surface area contributed by atoms with E-state index in [4.69, 9.17) is 10.2 Å². The third-order valence-corrected chi connectivity index (χ3v) is 8.67. The zero-order valence-corrected chi connectivity index (χ0v) is 25.4. The third kappa shape index (κ3) is 5.62. The second-order valence-corrected chi connectivity index (χ2v) is 11.9. The molecule has 0 radical (unpaired) electrons. The Morgan fingerprint density at radius 1 is 1.05 bits per heavy atom. The van der Waals surface area contributed by atoms with E-state index >= 15 is 0 Å². The SMILES string of the molecule is CN(C)CCN(C)C(=O)c1cc(N2CCN(CCn3c(=O)sc4c3nc(N)n3nc(-c5ccco5)nc43)CC2)c(F)cc1F. The lowest BCUT2D eigenvalue weighted by Crippen LogP contribution is -2.47. The predicted molar refractivity (Wildman–Crippen MR) is 163 cm³/mol. The van der Waals surface area contributed by atoms with E-state index < -0.39 is 17.5 Å². The number of hydrogen-bond acceptors (Lipinski definition) is 11. The number of thiazole rings is 1. The molecule has 0 bridgehead atoms. The van der Waals surface area contributed by atoms with Gasteiger partial charge in [0.25, 0.3) is 5.91 Å². The second kappa shape index (κ2) is 11.9. The molecule has 1 aromatic carbocycles. The quantitative estimate of drug-likeness (QED) is 0.259. The number of aromatic nitrogens is 5. The normalized spacial score (nSPS) is 14.4. The molecule has 5 aromatic rings. The van der Waals surface area contributed by atoms with E-state index in [-0.39, 0.29) is 22.1 Å². The van der Waals surface area contributed by atoms with Gasteiger partial charge < -0.3 is 24.9 Å². The van der Waals surface area contributed by atoms with Crippen LogP contribution in [0.4, 0.5) is 20.4 Å². The molecular weight excluding hydrogens is 594 g/mol. The van der Waals surface area contributed by atoms with Crippen LogP contribution in [0.3, 0.4) is 0 Å². The topological polar surface area (TPSA) is 134 Å². The van der Waals surface area contributed by atoms with Crippen molar-refractivity contribution in [1.82, 2.24) is 38.8 Å². The first-order chi connectivity index (χ1) is 21.1. The van der Waals surface area contributed by atoms with Crippen molar-refractivity contribution in [3.63, 3.8) is 0 Å². The predicted octanol–water partition coefficient (Wildman–Crippen LogP) is 2.08. The molecule has 44 heavy (non-hydrogen) atoms. The Kier molecular flexibility index (Phi) is 8.04. The lowest BCUT2D eigenvalue weighted by molar-refractivity contribution is 0.0781. The van der Waals surface area contributed by atoms with Gasteiger partial charge in [-0.3, -0.25) is 19.1 Å². The number of fused-ring (bicyclic) bond motifs is 3. The van der Waals surface area contributed by atoms with E-state index in [1.165, 1.54) is 21.7 Å². The van der Waals surface area contributed by atoms with Crippen LogP contribution in [0.2, 0.25) is 0 Å². The number of nitrogens with zero attached hydrogens (tertiary/aromatic N) is 9. The monoisotopic (exact) mass is 626 g/mol. The molecule has 4 aromatic heterocycles. The fraction of sp³-hybridized carbons (Fsp3) is 0.393. The number of furan rings is 1. The smallest absolute Gasteiger partial charge is 0.309 e. The molecule has 1 aliphatic rings. The van der Waals surface area contributed by atoms with Crippen molar-refractivity contribution in [2.75, 3.05) is 77.6 Å². The Hall–Kier alpha value is -4.41. The number of carbonyl (C=O) groups is 1. The summed E-state index contributed by atoms with van der Waals surface area (Å²) in [4.78, 5) is 42.0. The van der Waals surface area contributed by atoms with Crippen LogP contribution in [0.25, 0.3) is 27.6 Å². The summed E-state index contributed by atoms with van der Waals surface area (Å²) in [6, 6.07) is 5.56. The zero-order valence-electron chi connectivity index (χ0n) is 24.5. The number of anilines is 2. The van der Waals surface area contributed by atoms with Crippen LogP contribution in [0, 0.1) is 11.6 Å². The summed E-state index contributed by atoms with van der Waals surface area (Å²) in [6.45, 7) is 4.03. The highest BCUT2D eigenvalue weighted by Crippen LogP contribution is 2.27. The number of amides is 1. The van der Waals surface area contributed by atoms with Crippen LogP contribution in [0.1, 0.15) is 10.4 Å². The number of halogens is 2. The Labute approximate surface area is 254 Å². The third-order valence-electron chi connectivity index (χ3n) is 7.71. The van der Waals surface area contributed by atoms with E-state index in [9.17, 15) is 18.4 Å². The Bertz CT molecular complexity index is 1880. The van der Waals surface area contributed by atoms with Gasteiger partial charge in [0.1, 0.15) is 16.3 Å². The first-order valence-corrected chi connectivity index (χ1v) is 14.9. The fourth-order valence-corrected chi connectivity index (χ4v) is 6.12. The van der Waals surface area contributed by atoms with Gasteiger partial charge in [0.15, 0.2) is 17.1 Å². The van der Waals surface area contributed by atoms with Crippen molar-refractivity contribution < 1.29 is 18.0 Å². The summed E-state index contributed by atoms with van der Waals surface area (Å²) in [6.07, 6.45) is 1.52. The van der Waals surface area contributed by atoms with Gasteiger partial charge in [0.05, 0.1) is 17.5 Å².